The molecule has 3 N–H and O–H groups in total. The summed E-state index contributed by atoms with van der Waals surface area (Å²) in [6.07, 6.45) is 4.12. The number of halogens is 1. The van der Waals surface area contributed by atoms with Crippen LogP contribution in [0, 0.1) is 5.92 Å². The number of hydrogen-bond acceptors (Lipinski definition) is 3. The van der Waals surface area contributed by atoms with Gasteiger partial charge in [0, 0.05) is 23.4 Å². The second-order valence-electron chi connectivity index (χ2n) is 4.41. The molecular weight excluding hydrogens is 328 g/mol. The van der Waals surface area contributed by atoms with Crippen LogP contribution in [0.3, 0.4) is 0 Å². The van der Waals surface area contributed by atoms with Crippen molar-refractivity contribution in [1.82, 2.24) is 21.2 Å². The van der Waals surface area contributed by atoms with Gasteiger partial charge < -0.3 is 5.32 Å². The third-order valence-electron chi connectivity index (χ3n) is 2.26. The monoisotopic (exact) mass is 344 g/mol. The third-order valence-corrected chi connectivity index (χ3v) is 2.94. The fourth-order valence-electron chi connectivity index (χ4n) is 1.24. The Morgan fingerprint density at radius 2 is 2.16 bits per heavy atom. The first-order chi connectivity index (χ1) is 8.99. The lowest BCUT2D eigenvalue weighted by atomic mass is 10.1. The minimum Gasteiger partial charge on any atom is -0.361 e. The van der Waals surface area contributed by atoms with E-state index < -0.39 is 0 Å². The SMILES string of the molecule is CC(C)CCNC(=S)NNC(=O)c1cncc(Br)c1. The van der Waals surface area contributed by atoms with Crippen molar-refractivity contribution in [3.05, 3.63) is 28.5 Å². The molecule has 104 valence electrons. The Morgan fingerprint density at radius 1 is 1.42 bits per heavy atom. The lowest BCUT2D eigenvalue weighted by Crippen LogP contribution is -2.47. The molecule has 5 nitrogen and oxygen atoms in total. The van der Waals surface area contributed by atoms with E-state index in [4.69, 9.17) is 12.2 Å². The molecule has 1 heterocycles. The van der Waals surface area contributed by atoms with E-state index in [1.54, 1.807) is 12.3 Å². The standard InChI is InChI=1S/C12H17BrN4OS/c1-8(2)3-4-15-12(19)17-16-11(18)9-5-10(13)7-14-6-9/h5-8H,3-4H2,1-2H3,(H,16,18)(H2,15,17,19). The van der Waals surface area contributed by atoms with Gasteiger partial charge in [0.25, 0.3) is 5.91 Å². The van der Waals surface area contributed by atoms with Crippen molar-refractivity contribution in [1.29, 1.82) is 0 Å². The van der Waals surface area contributed by atoms with Crippen molar-refractivity contribution < 1.29 is 4.79 Å². The normalized spacial score (nSPS) is 10.1. The Labute approximate surface area is 126 Å². The second kappa shape index (κ2) is 8.06. The Balaban J connectivity index is 2.32. The van der Waals surface area contributed by atoms with Crippen LogP contribution in [-0.2, 0) is 0 Å². The van der Waals surface area contributed by atoms with Crippen molar-refractivity contribution in [3.8, 4) is 0 Å². The van der Waals surface area contributed by atoms with E-state index in [1.165, 1.54) is 6.20 Å². The molecule has 1 amide bonds. The molecule has 0 aromatic carbocycles. The number of thiocarbonyl (C=S) groups is 1. The zero-order valence-electron chi connectivity index (χ0n) is 10.9. The van der Waals surface area contributed by atoms with Crippen molar-refractivity contribution in [2.75, 3.05) is 6.54 Å². The molecule has 0 unspecified atom stereocenters. The summed E-state index contributed by atoms with van der Waals surface area (Å²) in [5, 5.41) is 3.41. The summed E-state index contributed by atoms with van der Waals surface area (Å²) in [5.41, 5.74) is 5.61. The van der Waals surface area contributed by atoms with E-state index in [9.17, 15) is 4.79 Å². The first-order valence-electron chi connectivity index (χ1n) is 5.93. The maximum Gasteiger partial charge on any atom is 0.271 e. The summed E-state index contributed by atoms with van der Waals surface area (Å²) in [7, 11) is 0. The van der Waals surface area contributed by atoms with Gasteiger partial charge in [0.05, 0.1) is 5.56 Å². The van der Waals surface area contributed by atoms with E-state index in [2.05, 4.69) is 50.9 Å². The van der Waals surface area contributed by atoms with Gasteiger partial charge in [-0.05, 0) is 46.6 Å². The Morgan fingerprint density at radius 3 is 2.79 bits per heavy atom. The number of amides is 1. The fraction of sp³-hybridized carbons (Fsp3) is 0.417. The smallest absolute Gasteiger partial charge is 0.271 e. The summed E-state index contributed by atoms with van der Waals surface area (Å²) >= 11 is 8.30. The highest BCUT2D eigenvalue weighted by atomic mass is 79.9. The molecule has 0 aliphatic rings. The first-order valence-corrected chi connectivity index (χ1v) is 7.14. The van der Waals surface area contributed by atoms with Gasteiger partial charge in [0.1, 0.15) is 0 Å². The molecule has 0 bridgehead atoms. The van der Waals surface area contributed by atoms with E-state index in [0.717, 1.165) is 17.4 Å². The number of aromatic nitrogens is 1. The maximum absolute atomic E-state index is 11.8. The van der Waals surface area contributed by atoms with Crippen molar-refractivity contribution in [2.45, 2.75) is 20.3 Å². The predicted molar refractivity (Wildman–Crippen MR) is 82.6 cm³/mol. The van der Waals surface area contributed by atoms with Gasteiger partial charge in [0.2, 0.25) is 0 Å². The van der Waals surface area contributed by atoms with Crippen LogP contribution in [0.1, 0.15) is 30.6 Å². The van der Waals surface area contributed by atoms with Crippen molar-refractivity contribution in [2.24, 2.45) is 5.92 Å². The summed E-state index contributed by atoms with van der Waals surface area (Å²) in [4.78, 5) is 15.7. The van der Waals surface area contributed by atoms with Crippen molar-refractivity contribution >= 4 is 39.2 Å². The van der Waals surface area contributed by atoms with Gasteiger partial charge in [-0.15, -0.1) is 0 Å². The van der Waals surface area contributed by atoms with Gasteiger partial charge in [-0.1, -0.05) is 13.8 Å². The van der Waals surface area contributed by atoms with Crippen LogP contribution >= 0.6 is 28.1 Å². The minimum atomic E-state index is -0.290. The van der Waals surface area contributed by atoms with Crippen LogP contribution in [0.2, 0.25) is 0 Å². The van der Waals surface area contributed by atoms with Gasteiger partial charge >= 0.3 is 0 Å². The lowest BCUT2D eigenvalue weighted by Gasteiger charge is -2.12. The van der Waals surface area contributed by atoms with Crippen LogP contribution in [0.4, 0.5) is 0 Å². The van der Waals surface area contributed by atoms with Crippen LogP contribution in [0.5, 0.6) is 0 Å². The molecule has 0 fully saturated rings. The van der Waals surface area contributed by atoms with Crippen LogP contribution < -0.4 is 16.2 Å². The quantitative estimate of drug-likeness (QED) is 0.575. The first kappa shape index (κ1) is 15.8. The number of carbonyl (C=O) groups is 1. The summed E-state index contributed by atoms with van der Waals surface area (Å²) in [6, 6.07) is 1.68. The number of nitrogens with zero attached hydrogens (tertiary/aromatic N) is 1. The lowest BCUT2D eigenvalue weighted by molar-refractivity contribution is 0.0943. The summed E-state index contributed by atoms with van der Waals surface area (Å²) in [5.74, 6) is 0.319. The summed E-state index contributed by atoms with van der Waals surface area (Å²) in [6.45, 7) is 5.05. The number of nitrogens with one attached hydrogen (secondary N) is 3. The highest BCUT2D eigenvalue weighted by Crippen LogP contribution is 2.08. The molecule has 0 radical (unpaired) electrons. The summed E-state index contributed by atoms with van der Waals surface area (Å²) < 4.78 is 0.748. The number of rotatable bonds is 4. The molecule has 19 heavy (non-hydrogen) atoms. The molecule has 0 aliphatic heterocycles. The molecule has 7 heteroatoms. The van der Waals surface area contributed by atoms with Gasteiger partial charge in [-0.25, -0.2) is 0 Å². The number of hydrogen-bond donors (Lipinski definition) is 3. The molecule has 0 spiro atoms. The number of hydrazine groups is 1. The topological polar surface area (TPSA) is 66.0 Å². The average molecular weight is 345 g/mol. The number of pyridine rings is 1. The largest absolute Gasteiger partial charge is 0.361 e. The van der Waals surface area contributed by atoms with E-state index >= 15 is 0 Å². The minimum absolute atomic E-state index is 0.290. The molecule has 0 saturated heterocycles. The molecule has 0 aliphatic carbocycles. The van der Waals surface area contributed by atoms with Gasteiger partial charge in [-0.2, -0.15) is 0 Å². The molecular formula is C12H17BrN4OS. The molecule has 0 saturated carbocycles. The highest BCUT2D eigenvalue weighted by Gasteiger charge is 2.06. The van der Waals surface area contributed by atoms with Gasteiger partial charge in [-0.3, -0.25) is 20.6 Å². The second-order valence-corrected chi connectivity index (χ2v) is 5.73. The Kier molecular flexibility index (Phi) is 6.72. The fourth-order valence-corrected chi connectivity index (χ4v) is 1.76. The molecule has 1 aromatic heterocycles. The Hall–Kier alpha value is -1.21. The maximum atomic E-state index is 11.8. The predicted octanol–water partition coefficient (Wildman–Crippen LogP) is 2.00. The zero-order chi connectivity index (χ0) is 14.3. The Bertz CT molecular complexity index is 453. The van der Waals surface area contributed by atoms with Crippen molar-refractivity contribution in [3.63, 3.8) is 0 Å². The van der Waals surface area contributed by atoms with E-state index in [-0.39, 0.29) is 5.91 Å². The van der Waals surface area contributed by atoms with E-state index in [1.807, 2.05) is 0 Å². The highest BCUT2D eigenvalue weighted by molar-refractivity contribution is 9.10. The van der Waals surface area contributed by atoms with Crippen LogP contribution in [0.15, 0.2) is 22.9 Å². The third kappa shape index (κ3) is 6.49. The molecule has 1 rings (SSSR count). The zero-order valence-corrected chi connectivity index (χ0v) is 13.3. The molecule has 1 aromatic rings. The van der Waals surface area contributed by atoms with Crippen LogP contribution in [-0.4, -0.2) is 22.5 Å². The average Bonchev–Trinajstić information content (AvgIpc) is 2.35. The number of carbonyl (C=O) groups excluding carboxylic acids is 1. The van der Waals surface area contributed by atoms with Gasteiger partial charge in [0.15, 0.2) is 5.11 Å². The molecule has 0 atom stereocenters. The van der Waals surface area contributed by atoms with Crippen LogP contribution in [0.25, 0.3) is 0 Å². The van der Waals surface area contributed by atoms with E-state index in [0.29, 0.717) is 16.6 Å².